The molecular weight excluding hydrogens is 252 g/mol. The fourth-order valence-electron chi connectivity index (χ4n) is 1.98. The third-order valence-corrected chi connectivity index (χ3v) is 3.20. The molecule has 2 aromatic rings. The van der Waals surface area contributed by atoms with Crippen LogP contribution in [0.1, 0.15) is 30.6 Å². The van der Waals surface area contributed by atoms with Gasteiger partial charge in [-0.1, -0.05) is 25.1 Å². The topological polar surface area (TPSA) is 38.7 Å². The molecule has 0 unspecified atom stereocenters. The van der Waals surface area contributed by atoms with Crippen LogP contribution in [0.25, 0.3) is 0 Å². The zero-order chi connectivity index (χ0) is 14.5. The third-order valence-electron chi connectivity index (χ3n) is 3.20. The maximum absolute atomic E-state index is 9.76. The largest absolute Gasteiger partial charge is 0.493 e. The SMILES string of the molecule is CC[C@H](O)c1ccc(Oc2ccc(C)cc2OC)cc1. The highest BCUT2D eigenvalue weighted by Gasteiger charge is 2.07. The van der Waals surface area contributed by atoms with E-state index in [4.69, 9.17) is 9.47 Å². The molecule has 1 N–H and O–H groups in total. The number of methoxy groups -OCH3 is 1. The van der Waals surface area contributed by atoms with Crippen LogP contribution in [0.3, 0.4) is 0 Å². The Bertz CT molecular complexity index is 561. The molecule has 3 nitrogen and oxygen atoms in total. The van der Waals surface area contributed by atoms with Gasteiger partial charge in [-0.3, -0.25) is 0 Å². The Kier molecular flexibility index (Phi) is 4.64. The van der Waals surface area contributed by atoms with Crippen LogP contribution in [-0.4, -0.2) is 12.2 Å². The first-order chi connectivity index (χ1) is 9.63. The minimum Gasteiger partial charge on any atom is -0.493 e. The molecule has 0 fully saturated rings. The van der Waals surface area contributed by atoms with Crippen LogP contribution in [0, 0.1) is 6.92 Å². The average molecular weight is 272 g/mol. The number of rotatable bonds is 5. The summed E-state index contributed by atoms with van der Waals surface area (Å²) in [6, 6.07) is 13.3. The molecule has 0 heterocycles. The number of ether oxygens (including phenoxy) is 2. The maximum Gasteiger partial charge on any atom is 0.169 e. The molecule has 0 amide bonds. The molecule has 0 saturated heterocycles. The van der Waals surface area contributed by atoms with Gasteiger partial charge in [0.1, 0.15) is 5.75 Å². The van der Waals surface area contributed by atoms with Crippen LogP contribution < -0.4 is 9.47 Å². The number of benzene rings is 2. The Hall–Kier alpha value is -2.00. The van der Waals surface area contributed by atoms with Gasteiger partial charge < -0.3 is 14.6 Å². The molecule has 0 aliphatic carbocycles. The van der Waals surface area contributed by atoms with E-state index in [0.29, 0.717) is 17.9 Å². The fourth-order valence-corrected chi connectivity index (χ4v) is 1.98. The number of hydrogen-bond donors (Lipinski definition) is 1. The second-order valence-corrected chi connectivity index (χ2v) is 4.75. The van der Waals surface area contributed by atoms with E-state index < -0.39 is 6.10 Å². The lowest BCUT2D eigenvalue weighted by atomic mass is 10.1. The van der Waals surface area contributed by atoms with Crippen LogP contribution in [-0.2, 0) is 0 Å². The van der Waals surface area contributed by atoms with Gasteiger partial charge in [0.2, 0.25) is 0 Å². The number of aliphatic hydroxyl groups excluding tert-OH is 1. The zero-order valence-corrected chi connectivity index (χ0v) is 12.1. The Morgan fingerprint density at radius 1 is 1.05 bits per heavy atom. The van der Waals surface area contributed by atoms with Crippen molar-refractivity contribution in [2.24, 2.45) is 0 Å². The van der Waals surface area contributed by atoms with E-state index in [1.165, 1.54) is 0 Å². The summed E-state index contributed by atoms with van der Waals surface area (Å²) in [4.78, 5) is 0. The molecule has 106 valence electrons. The molecule has 1 atom stereocenters. The van der Waals surface area contributed by atoms with Crippen molar-refractivity contribution in [1.29, 1.82) is 0 Å². The second kappa shape index (κ2) is 6.44. The Morgan fingerprint density at radius 2 is 1.75 bits per heavy atom. The van der Waals surface area contributed by atoms with Crippen molar-refractivity contribution in [3.63, 3.8) is 0 Å². The molecule has 0 aromatic heterocycles. The summed E-state index contributed by atoms with van der Waals surface area (Å²) in [6.07, 6.45) is 0.282. The smallest absolute Gasteiger partial charge is 0.169 e. The van der Waals surface area contributed by atoms with Crippen molar-refractivity contribution in [2.45, 2.75) is 26.4 Å². The predicted molar refractivity (Wildman–Crippen MR) is 79.5 cm³/mol. The van der Waals surface area contributed by atoms with Gasteiger partial charge in [-0.15, -0.1) is 0 Å². The lowest BCUT2D eigenvalue weighted by Crippen LogP contribution is -1.95. The second-order valence-electron chi connectivity index (χ2n) is 4.75. The van der Waals surface area contributed by atoms with Crippen LogP contribution in [0.5, 0.6) is 17.2 Å². The molecular formula is C17H20O3. The fraction of sp³-hybridized carbons (Fsp3) is 0.294. The van der Waals surface area contributed by atoms with Crippen molar-refractivity contribution in [2.75, 3.05) is 7.11 Å². The standard InChI is InChI=1S/C17H20O3/c1-4-15(18)13-6-8-14(9-7-13)20-16-10-5-12(2)11-17(16)19-3/h5-11,15,18H,4H2,1-3H3/t15-/m0/s1. The van der Waals surface area contributed by atoms with Gasteiger partial charge in [0.25, 0.3) is 0 Å². The maximum atomic E-state index is 9.76. The summed E-state index contributed by atoms with van der Waals surface area (Å²) >= 11 is 0. The molecule has 0 aliphatic heterocycles. The lowest BCUT2D eigenvalue weighted by molar-refractivity contribution is 0.173. The van der Waals surface area contributed by atoms with E-state index in [9.17, 15) is 5.11 Å². The van der Waals surface area contributed by atoms with E-state index in [0.717, 1.165) is 16.9 Å². The minimum atomic E-state index is -0.419. The predicted octanol–water partition coefficient (Wildman–Crippen LogP) is 4.24. The molecule has 0 bridgehead atoms. The van der Waals surface area contributed by atoms with Crippen LogP contribution in [0.15, 0.2) is 42.5 Å². The van der Waals surface area contributed by atoms with Gasteiger partial charge >= 0.3 is 0 Å². The Labute approximate surface area is 119 Å². The molecule has 0 aliphatic rings. The summed E-state index contributed by atoms with van der Waals surface area (Å²) in [5, 5.41) is 9.76. The average Bonchev–Trinajstić information content (AvgIpc) is 2.49. The zero-order valence-electron chi connectivity index (χ0n) is 12.1. The summed E-state index contributed by atoms with van der Waals surface area (Å²) in [5.41, 5.74) is 2.02. The van der Waals surface area contributed by atoms with Gasteiger partial charge in [-0.2, -0.15) is 0 Å². The molecule has 2 aromatic carbocycles. The van der Waals surface area contributed by atoms with E-state index in [1.807, 2.05) is 56.3 Å². The van der Waals surface area contributed by atoms with Gasteiger partial charge in [0.05, 0.1) is 13.2 Å². The first-order valence-electron chi connectivity index (χ1n) is 6.74. The number of aliphatic hydroxyl groups is 1. The Balaban J connectivity index is 2.18. The summed E-state index contributed by atoms with van der Waals surface area (Å²) < 4.78 is 11.1. The highest BCUT2D eigenvalue weighted by atomic mass is 16.5. The lowest BCUT2D eigenvalue weighted by Gasteiger charge is -2.12. The quantitative estimate of drug-likeness (QED) is 0.884. The Morgan fingerprint density at radius 3 is 2.35 bits per heavy atom. The van der Waals surface area contributed by atoms with Gasteiger partial charge in [-0.05, 0) is 48.7 Å². The van der Waals surface area contributed by atoms with Crippen molar-refractivity contribution < 1.29 is 14.6 Å². The molecule has 0 radical (unpaired) electrons. The number of hydrogen-bond acceptors (Lipinski definition) is 3. The molecule has 20 heavy (non-hydrogen) atoms. The van der Waals surface area contributed by atoms with Gasteiger partial charge in [0, 0.05) is 0 Å². The molecule has 2 rings (SSSR count). The highest BCUT2D eigenvalue weighted by molar-refractivity contribution is 5.45. The van der Waals surface area contributed by atoms with Crippen molar-refractivity contribution in [1.82, 2.24) is 0 Å². The third kappa shape index (κ3) is 3.31. The summed E-state index contributed by atoms with van der Waals surface area (Å²) in [7, 11) is 1.63. The first kappa shape index (κ1) is 14.4. The van der Waals surface area contributed by atoms with Crippen molar-refractivity contribution >= 4 is 0 Å². The van der Waals surface area contributed by atoms with E-state index in [2.05, 4.69) is 0 Å². The summed E-state index contributed by atoms with van der Waals surface area (Å²) in [6.45, 7) is 3.96. The van der Waals surface area contributed by atoms with Crippen LogP contribution in [0.2, 0.25) is 0 Å². The first-order valence-corrected chi connectivity index (χ1v) is 6.74. The van der Waals surface area contributed by atoms with Crippen molar-refractivity contribution in [3.8, 4) is 17.2 Å². The minimum absolute atomic E-state index is 0.419. The van der Waals surface area contributed by atoms with E-state index in [-0.39, 0.29) is 0 Å². The van der Waals surface area contributed by atoms with Crippen LogP contribution >= 0.6 is 0 Å². The molecule has 0 saturated carbocycles. The van der Waals surface area contributed by atoms with Crippen LogP contribution in [0.4, 0.5) is 0 Å². The van der Waals surface area contributed by atoms with Crippen molar-refractivity contribution in [3.05, 3.63) is 53.6 Å². The normalized spacial score (nSPS) is 12.0. The van der Waals surface area contributed by atoms with Gasteiger partial charge in [-0.25, -0.2) is 0 Å². The summed E-state index contributed by atoms with van der Waals surface area (Å²) in [5.74, 6) is 2.11. The van der Waals surface area contributed by atoms with E-state index in [1.54, 1.807) is 7.11 Å². The van der Waals surface area contributed by atoms with E-state index >= 15 is 0 Å². The molecule has 0 spiro atoms. The van der Waals surface area contributed by atoms with Gasteiger partial charge in [0.15, 0.2) is 11.5 Å². The number of aryl methyl sites for hydroxylation is 1. The monoisotopic (exact) mass is 272 g/mol. The molecule has 3 heteroatoms. The highest BCUT2D eigenvalue weighted by Crippen LogP contribution is 2.32.